The van der Waals surface area contributed by atoms with Crippen molar-refractivity contribution in [3.05, 3.63) is 23.8 Å². The number of aromatic nitrogens is 2. The van der Waals surface area contributed by atoms with Gasteiger partial charge in [-0.05, 0) is 38.3 Å². The van der Waals surface area contributed by atoms with Crippen LogP contribution in [0.2, 0.25) is 0 Å². The third-order valence-electron chi connectivity index (χ3n) is 4.99. The summed E-state index contributed by atoms with van der Waals surface area (Å²) in [7, 11) is 0. The number of aryl methyl sites for hydroxylation is 1. The monoisotopic (exact) mass is 391 g/mol. The molecule has 1 aromatic heterocycles. The fourth-order valence-corrected chi connectivity index (χ4v) is 3.28. The van der Waals surface area contributed by atoms with Gasteiger partial charge >= 0.3 is 12.0 Å². The lowest BCUT2D eigenvalue weighted by Crippen LogP contribution is -2.56. The molecule has 0 aromatic carbocycles. The summed E-state index contributed by atoms with van der Waals surface area (Å²) >= 11 is 0. The smallest absolute Gasteiger partial charge is 0.317 e. The lowest BCUT2D eigenvalue weighted by molar-refractivity contribution is -0.139. The molecular formula is C20H33N5O3. The maximum atomic E-state index is 12.0. The highest BCUT2D eigenvalue weighted by Crippen LogP contribution is 2.25. The number of likely N-dealkylation sites (N-methyl/N-ethyl adjacent to an activating group) is 1. The Morgan fingerprint density at radius 3 is 2.64 bits per heavy atom. The van der Waals surface area contributed by atoms with Crippen LogP contribution in [0.1, 0.15) is 58.5 Å². The Hall–Kier alpha value is -2.22. The molecule has 1 aliphatic carbocycles. The Morgan fingerprint density at radius 2 is 2.04 bits per heavy atom. The van der Waals surface area contributed by atoms with Crippen LogP contribution in [0.3, 0.4) is 0 Å². The largest absolute Gasteiger partial charge is 0.480 e. The van der Waals surface area contributed by atoms with E-state index >= 15 is 0 Å². The average Bonchev–Trinajstić information content (AvgIpc) is 2.59. The first-order valence-corrected chi connectivity index (χ1v) is 10.0. The Morgan fingerprint density at radius 1 is 1.32 bits per heavy atom. The molecule has 1 saturated carbocycles. The molecule has 0 atom stereocenters. The molecule has 8 heteroatoms. The molecule has 1 fully saturated rings. The summed E-state index contributed by atoms with van der Waals surface area (Å²) in [5, 5.41) is 14.8. The number of carbonyl (C=O) groups is 2. The zero-order chi connectivity index (χ0) is 20.7. The second-order valence-electron chi connectivity index (χ2n) is 8.40. The number of aliphatic carboxylic acids is 1. The highest BCUT2D eigenvalue weighted by atomic mass is 16.4. The molecule has 1 aliphatic rings. The van der Waals surface area contributed by atoms with Crippen molar-refractivity contribution in [2.45, 2.75) is 70.9 Å². The summed E-state index contributed by atoms with van der Waals surface area (Å²) in [6.45, 7) is 9.56. The van der Waals surface area contributed by atoms with Crippen LogP contribution in [0.4, 0.5) is 4.79 Å². The Bertz CT molecular complexity index is 668. The molecule has 2 rings (SSSR count). The van der Waals surface area contributed by atoms with Crippen LogP contribution < -0.4 is 10.6 Å². The summed E-state index contributed by atoms with van der Waals surface area (Å²) in [5.74, 6) is 0.0218. The Balaban J connectivity index is 1.63. The summed E-state index contributed by atoms with van der Waals surface area (Å²) in [6, 6.07) is 2.11. The first-order chi connectivity index (χ1) is 13.2. The van der Waals surface area contributed by atoms with E-state index in [9.17, 15) is 9.59 Å². The minimum Gasteiger partial charge on any atom is -0.480 e. The molecule has 0 bridgehead atoms. The van der Waals surface area contributed by atoms with E-state index in [1.54, 1.807) is 6.20 Å². The topological polar surface area (TPSA) is 107 Å². The maximum absolute atomic E-state index is 12.0. The average molecular weight is 392 g/mol. The van der Waals surface area contributed by atoms with E-state index in [4.69, 9.17) is 5.11 Å². The number of nitrogens with one attached hydrogen (secondary N) is 2. The third kappa shape index (κ3) is 6.74. The van der Waals surface area contributed by atoms with Gasteiger partial charge in [-0.25, -0.2) is 14.8 Å². The van der Waals surface area contributed by atoms with E-state index in [-0.39, 0.29) is 30.1 Å². The van der Waals surface area contributed by atoms with E-state index in [1.807, 2.05) is 17.9 Å². The van der Waals surface area contributed by atoms with Gasteiger partial charge in [0.15, 0.2) is 0 Å². The van der Waals surface area contributed by atoms with Crippen molar-refractivity contribution in [3.63, 3.8) is 0 Å². The number of nitrogens with zero attached hydrogens (tertiary/aromatic N) is 3. The van der Waals surface area contributed by atoms with Gasteiger partial charge in [0.25, 0.3) is 0 Å². The summed E-state index contributed by atoms with van der Waals surface area (Å²) in [6.07, 6.45) is 4.98. The van der Waals surface area contributed by atoms with Crippen LogP contribution in [0, 0.1) is 0 Å². The quantitative estimate of drug-likeness (QED) is 0.555. The molecule has 0 saturated heterocycles. The number of amides is 2. The Labute approximate surface area is 167 Å². The van der Waals surface area contributed by atoms with Crippen molar-refractivity contribution >= 4 is 12.0 Å². The van der Waals surface area contributed by atoms with Crippen LogP contribution in [0.15, 0.2) is 12.3 Å². The maximum Gasteiger partial charge on any atom is 0.317 e. The molecular weight excluding hydrogens is 358 g/mol. The van der Waals surface area contributed by atoms with Crippen molar-refractivity contribution in [2.75, 3.05) is 19.6 Å². The van der Waals surface area contributed by atoms with Crippen molar-refractivity contribution in [2.24, 2.45) is 0 Å². The molecule has 8 nitrogen and oxygen atoms in total. The SMILES string of the molecule is CCN(CC(=O)O)C1CC(NC(=O)NCCCc2ccnc(C(C)(C)C)n2)C1. The van der Waals surface area contributed by atoms with Crippen molar-refractivity contribution < 1.29 is 14.7 Å². The summed E-state index contributed by atoms with van der Waals surface area (Å²) < 4.78 is 0. The van der Waals surface area contributed by atoms with Gasteiger partial charge < -0.3 is 15.7 Å². The molecule has 0 unspecified atom stereocenters. The molecule has 28 heavy (non-hydrogen) atoms. The lowest BCUT2D eigenvalue weighted by Gasteiger charge is -2.42. The first kappa shape index (κ1) is 22.1. The highest BCUT2D eigenvalue weighted by molar-refractivity contribution is 5.74. The number of carboxylic acid groups (broad SMARTS) is 1. The molecule has 156 valence electrons. The van der Waals surface area contributed by atoms with Gasteiger partial charge in [-0.3, -0.25) is 9.69 Å². The van der Waals surface area contributed by atoms with Crippen LogP contribution in [0.25, 0.3) is 0 Å². The number of carboxylic acids is 1. The summed E-state index contributed by atoms with van der Waals surface area (Å²) in [4.78, 5) is 33.7. The van der Waals surface area contributed by atoms with Crippen LogP contribution in [0.5, 0.6) is 0 Å². The Kier molecular flexibility index (Phi) is 7.74. The van der Waals surface area contributed by atoms with Crippen LogP contribution in [-0.4, -0.2) is 63.7 Å². The standard InChI is InChI=1S/C20H33N5O3/c1-5-25(13-17(26)27)16-11-15(12-16)24-19(28)22-9-6-7-14-8-10-21-18(23-14)20(2,3)4/h8,10,15-16H,5-7,9,11-13H2,1-4H3,(H,26,27)(H2,22,24,28). The third-order valence-corrected chi connectivity index (χ3v) is 4.99. The second kappa shape index (κ2) is 9.82. The molecule has 1 aromatic rings. The first-order valence-electron chi connectivity index (χ1n) is 10.0. The van der Waals surface area contributed by atoms with E-state index in [0.29, 0.717) is 13.1 Å². The number of hydrogen-bond acceptors (Lipinski definition) is 5. The van der Waals surface area contributed by atoms with Gasteiger partial charge in [-0.2, -0.15) is 0 Å². The fraction of sp³-hybridized carbons (Fsp3) is 0.700. The minimum atomic E-state index is -0.811. The van der Waals surface area contributed by atoms with Gasteiger partial charge in [0.1, 0.15) is 5.82 Å². The van der Waals surface area contributed by atoms with Gasteiger partial charge in [-0.1, -0.05) is 27.7 Å². The van der Waals surface area contributed by atoms with E-state index in [0.717, 1.165) is 37.2 Å². The number of urea groups is 1. The molecule has 0 spiro atoms. The predicted octanol–water partition coefficient (Wildman–Crippen LogP) is 1.94. The molecule has 0 aliphatic heterocycles. The van der Waals surface area contributed by atoms with Gasteiger partial charge in [-0.15, -0.1) is 0 Å². The van der Waals surface area contributed by atoms with Crippen LogP contribution in [-0.2, 0) is 16.6 Å². The second-order valence-corrected chi connectivity index (χ2v) is 8.40. The molecule has 1 heterocycles. The lowest BCUT2D eigenvalue weighted by atomic mass is 9.85. The molecule has 0 radical (unpaired) electrons. The van der Waals surface area contributed by atoms with Gasteiger partial charge in [0.05, 0.1) is 6.54 Å². The van der Waals surface area contributed by atoms with Crippen molar-refractivity contribution in [3.8, 4) is 0 Å². The van der Waals surface area contributed by atoms with E-state index in [1.165, 1.54) is 0 Å². The van der Waals surface area contributed by atoms with Crippen molar-refractivity contribution in [1.29, 1.82) is 0 Å². The molecule has 2 amide bonds. The van der Waals surface area contributed by atoms with Crippen molar-refractivity contribution in [1.82, 2.24) is 25.5 Å². The fourth-order valence-electron chi connectivity index (χ4n) is 3.28. The number of hydrogen-bond donors (Lipinski definition) is 3. The zero-order valence-electron chi connectivity index (χ0n) is 17.4. The van der Waals surface area contributed by atoms with E-state index in [2.05, 4.69) is 41.4 Å². The normalized spacial score (nSPS) is 19.2. The predicted molar refractivity (Wildman–Crippen MR) is 107 cm³/mol. The number of rotatable bonds is 9. The van der Waals surface area contributed by atoms with Crippen LogP contribution >= 0.6 is 0 Å². The highest BCUT2D eigenvalue weighted by Gasteiger charge is 2.34. The van der Waals surface area contributed by atoms with E-state index < -0.39 is 5.97 Å². The van der Waals surface area contributed by atoms with Gasteiger partial charge in [0, 0.05) is 35.9 Å². The van der Waals surface area contributed by atoms with Gasteiger partial charge in [0.2, 0.25) is 0 Å². The minimum absolute atomic E-state index is 0.0556. The zero-order valence-corrected chi connectivity index (χ0v) is 17.4. The molecule has 3 N–H and O–H groups in total. The summed E-state index contributed by atoms with van der Waals surface area (Å²) in [5.41, 5.74) is 0.911. The number of carbonyl (C=O) groups excluding carboxylic acids is 1.